The second-order valence-corrected chi connectivity index (χ2v) is 5.66. The van der Waals surface area contributed by atoms with Crippen LogP contribution in [0.3, 0.4) is 0 Å². The Morgan fingerprint density at radius 2 is 2.04 bits per heavy atom. The molecule has 0 radical (unpaired) electrons. The highest BCUT2D eigenvalue weighted by Gasteiger charge is 2.31. The van der Waals surface area contributed by atoms with E-state index in [0.29, 0.717) is 24.0 Å². The molecule has 0 aliphatic heterocycles. The number of carbonyl (C=O) groups excluding carboxylic acids is 1. The van der Waals surface area contributed by atoms with Gasteiger partial charge in [0.25, 0.3) is 5.91 Å². The number of benzene rings is 1. The zero-order valence-electron chi connectivity index (χ0n) is 12.6. The molecule has 1 aliphatic carbocycles. The zero-order chi connectivity index (χ0) is 16.2. The van der Waals surface area contributed by atoms with Crippen molar-refractivity contribution in [2.45, 2.75) is 25.5 Å². The Morgan fingerprint density at radius 1 is 1.30 bits per heavy atom. The fraction of sp³-hybridized carbons (Fsp3) is 0.353. The van der Waals surface area contributed by atoms with Crippen molar-refractivity contribution < 1.29 is 18.3 Å². The molecule has 3 N–H and O–H groups in total. The van der Waals surface area contributed by atoms with Crippen LogP contribution in [0.2, 0.25) is 0 Å². The van der Waals surface area contributed by atoms with Gasteiger partial charge in [0.05, 0.1) is 0 Å². The molecule has 1 amide bonds. The first-order valence-electron chi connectivity index (χ1n) is 7.63. The van der Waals surface area contributed by atoms with Gasteiger partial charge in [-0.25, -0.2) is 4.39 Å². The number of hydrogen-bond acceptors (Lipinski definition) is 4. The molecular weight excluding hydrogens is 299 g/mol. The molecule has 1 fully saturated rings. The van der Waals surface area contributed by atoms with E-state index in [1.54, 1.807) is 12.1 Å². The number of rotatable bonds is 7. The summed E-state index contributed by atoms with van der Waals surface area (Å²) >= 11 is 0. The number of nitrogens with one attached hydrogen (secondary N) is 1. The van der Waals surface area contributed by atoms with E-state index in [4.69, 9.17) is 14.9 Å². The molecule has 1 aromatic heterocycles. The average Bonchev–Trinajstić information content (AvgIpc) is 3.29. The number of halogens is 1. The first-order chi connectivity index (χ1) is 11.2. The van der Waals surface area contributed by atoms with E-state index in [2.05, 4.69) is 5.32 Å². The number of carbonyl (C=O) groups is 1. The van der Waals surface area contributed by atoms with Crippen LogP contribution in [0.4, 0.5) is 4.39 Å². The lowest BCUT2D eigenvalue weighted by atomic mass is 10.2. The molecule has 0 spiro atoms. The summed E-state index contributed by atoms with van der Waals surface area (Å²) in [6.07, 6.45) is 2.22. The molecule has 0 saturated heterocycles. The Labute approximate surface area is 133 Å². The van der Waals surface area contributed by atoms with E-state index in [0.717, 1.165) is 12.8 Å². The van der Waals surface area contributed by atoms with E-state index in [1.165, 1.54) is 24.3 Å². The summed E-state index contributed by atoms with van der Waals surface area (Å²) < 4.78 is 23.8. The van der Waals surface area contributed by atoms with Crippen LogP contribution in [0.25, 0.3) is 0 Å². The van der Waals surface area contributed by atoms with Crippen LogP contribution in [0, 0.1) is 11.7 Å². The Bertz CT molecular complexity index is 665. The van der Waals surface area contributed by atoms with Crippen LogP contribution in [0.1, 0.15) is 29.2 Å². The minimum Gasteiger partial charge on any atom is -0.486 e. The Kier molecular flexibility index (Phi) is 4.62. The Morgan fingerprint density at radius 3 is 2.70 bits per heavy atom. The van der Waals surface area contributed by atoms with Crippen molar-refractivity contribution in [2.75, 3.05) is 6.54 Å². The number of nitrogens with two attached hydrogens (primary N) is 1. The van der Waals surface area contributed by atoms with Gasteiger partial charge in [-0.1, -0.05) is 0 Å². The van der Waals surface area contributed by atoms with Gasteiger partial charge in [0.2, 0.25) is 0 Å². The third-order valence-corrected chi connectivity index (χ3v) is 3.84. The quantitative estimate of drug-likeness (QED) is 0.822. The van der Waals surface area contributed by atoms with Crippen LogP contribution in [-0.4, -0.2) is 18.5 Å². The second kappa shape index (κ2) is 6.83. The highest BCUT2D eigenvalue weighted by atomic mass is 19.1. The maximum atomic E-state index is 12.8. The lowest BCUT2D eigenvalue weighted by molar-refractivity contribution is 0.0901. The minimum absolute atomic E-state index is 0.00603. The summed E-state index contributed by atoms with van der Waals surface area (Å²) in [6.45, 7) is 0.597. The summed E-state index contributed by atoms with van der Waals surface area (Å²) in [5.74, 6) is 1.20. The van der Waals surface area contributed by atoms with Gasteiger partial charge in [-0.3, -0.25) is 4.79 Å². The van der Waals surface area contributed by atoms with Crippen molar-refractivity contribution in [1.29, 1.82) is 0 Å². The summed E-state index contributed by atoms with van der Waals surface area (Å²) in [4.78, 5) is 12.1. The van der Waals surface area contributed by atoms with Gasteiger partial charge in [-0.2, -0.15) is 0 Å². The number of ether oxygens (including phenoxy) is 1. The van der Waals surface area contributed by atoms with E-state index in [1.807, 2.05) is 0 Å². The maximum absolute atomic E-state index is 12.8. The molecule has 5 nitrogen and oxygen atoms in total. The molecular formula is C17H19FN2O3. The first kappa shape index (κ1) is 15.6. The predicted octanol–water partition coefficient (Wildman–Crippen LogP) is 2.46. The normalized spacial score (nSPS) is 15.2. The topological polar surface area (TPSA) is 77.5 Å². The van der Waals surface area contributed by atoms with E-state index >= 15 is 0 Å². The van der Waals surface area contributed by atoms with Gasteiger partial charge in [0.1, 0.15) is 23.9 Å². The van der Waals surface area contributed by atoms with Crippen molar-refractivity contribution in [3.05, 3.63) is 53.7 Å². The smallest absolute Gasteiger partial charge is 0.287 e. The van der Waals surface area contributed by atoms with E-state index < -0.39 is 0 Å². The third kappa shape index (κ3) is 4.10. The average molecular weight is 318 g/mol. The van der Waals surface area contributed by atoms with Gasteiger partial charge in [0, 0.05) is 12.6 Å². The van der Waals surface area contributed by atoms with Crippen LogP contribution in [0.15, 0.2) is 40.8 Å². The van der Waals surface area contributed by atoms with Gasteiger partial charge >= 0.3 is 0 Å². The molecule has 122 valence electrons. The molecule has 1 heterocycles. The lowest BCUT2D eigenvalue weighted by Crippen LogP contribution is -2.41. The summed E-state index contributed by atoms with van der Waals surface area (Å²) in [6, 6.07) is 9.02. The number of amides is 1. The predicted molar refractivity (Wildman–Crippen MR) is 82.5 cm³/mol. The number of furan rings is 1. The van der Waals surface area contributed by atoms with E-state index in [9.17, 15) is 9.18 Å². The molecule has 1 saturated carbocycles. The molecule has 3 rings (SSSR count). The monoisotopic (exact) mass is 318 g/mol. The second-order valence-electron chi connectivity index (χ2n) is 5.66. The van der Waals surface area contributed by atoms with Crippen LogP contribution in [-0.2, 0) is 6.61 Å². The fourth-order valence-electron chi connectivity index (χ4n) is 2.37. The van der Waals surface area contributed by atoms with Crippen molar-refractivity contribution in [3.63, 3.8) is 0 Å². The van der Waals surface area contributed by atoms with Crippen molar-refractivity contribution in [2.24, 2.45) is 11.7 Å². The SMILES string of the molecule is NCC(NC(=O)c1ccc(COc2ccc(F)cc2)o1)C1CC1. The molecule has 6 heteroatoms. The Balaban J connectivity index is 1.54. The van der Waals surface area contributed by atoms with Crippen molar-refractivity contribution in [1.82, 2.24) is 5.32 Å². The molecule has 2 aromatic rings. The van der Waals surface area contributed by atoms with Crippen LogP contribution < -0.4 is 15.8 Å². The van der Waals surface area contributed by atoms with Crippen molar-refractivity contribution in [3.8, 4) is 5.75 Å². The van der Waals surface area contributed by atoms with Gasteiger partial charge < -0.3 is 20.2 Å². The highest BCUT2D eigenvalue weighted by Crippen LogP contribution is 2.32. The van der Waals surface area contributed by atoms with E-state index in [-0.39, 0.29) is 30.1 Å². The molecule has 23 heavy (non-hydrogen) atoms. The molecule has 1 atom stereocenters. The molecule has 1 unspecified atom stereocenters. The minimum atomic E-state index is -0.320. The standard InChI is InChI=1S/C17H19FN2O3/c18-12-3-5-13(6-4-12)22-10-14-7-8-16(23-14)17(21)20-15(9-19)11-1-2-11/h3-8,11,15H,1-2,9-10,19H2,(H,20,21). The summed E-state index contributed by atoms with van der Waals surface area (Å²) in [5, 5.41) is 2.90. The van der Waals surface area contributed by atoms with Crippen molar-refractivity contribution >= 4 is 5.91 Å². The molecule has 0 bridgehead atoms. The zero-order valence-corrected chi connectivity index (χ0v) is 12.6. The summed E-state index contributed by atoms with van der Waals surface area (Å²) in [5.41, 5.74) is 5.68. The summed E-state index contributed by atoms with van der Waals surface area (Å²) in [7, 11) is 0. The van der Waals surface area contributed by atoms with Gasteiger partial charge in [-0.15, -0.1) is 0 Å². The third-order valence-electron chi connectivity index (χ3n) is 3.84. The highest BCUT2D eigenvalue weighted by molar-refractivity contribution is 5.91. The molecule has 1 aliphatic rings. The Hall–Kier alpha value is -2.34. The van der Waals surface area contributed by atoms with Crippen LogP contribution in [0.5, 0.6) is 5.75 Å². The lowest BCUT2D eigenvalue weighted by Gasteiger charge is -2.14. The fourth-order valence-corrected chi connectivity index (χ4v) is 2.37. The number of hydrogen-bond donors (Lipinski definition) is 2. The molecule has 1 aromatic carbocycles. The first-order valence-corrected chi connectivity index (χ1v) is 7.63. The van der Waals surface area contributed by atoms with Gasteiger partial charge in [-0.05, 0) is 55.2 Å². The van der Waals surface area contributed by atoms with Gasteiger partial charge in [0.15, 0.2) is 5.76 Å². The van der Waals surface area contributed by atoms with Crippen LogP contribution >= 0.6 is 0 Å². The maximum Gasteiger partial charge on any atom is 0.287 e. The largest absolute Gasteiger partial charge is 0.486 e.